The van der Waals surface area contributed by atoms with E-state index in [-0.39, 0.29) is 18.3 Å². The number of amides is 1. The molecular formula is C20H33FN6O3. The zero-order valence-corrected chi connectivity index (χ0v) is 17.3. The minimum Gasteiger partial charge on any atom is -0.378 e. The number of hydrazine groups is 1. The molecule has 0 radical (unpaired) electrons. The van der Waals surface area contributed by atoms with Crippen LogP contribution in [0, 0.1) is 11.8 Å². The van der Waals surface area contributed by atoms with Crippen molar-refractivity contribution in [2.75, 3.05) is 39.4 Å². The van der Waals surface area contributed by atoms with E-state index in [2.05, 4.69) is 26.5 Å². The van der Waals surface area contributed by atoms with E-state index in [0.29, 0.717) is 55.9 Å². The molecule has 0 aromatic rings. The molecule has 6 fully saturated rings. The molecule has 5 aliphatic heterocycles. The second-order valence-electron chi connectivity index (χ2n) is 9.93. The van der Waals surface area contributed by atoms with Crippen molar-refractivity contribution in [1.29, 1.82) is 0 Å². The summed E-state index contributed by atoms with van der Waals surface area (Å²) in [4.78, 5) is 19.9. The minimum absolute atomic E-state index is 0.0243. The Labute approximate surface area is 176 Å². The van der Waals surface area contributed by atoms with Crippen LogP contribution in [0.2, 0.25) is 0 Å². The lowest BCUT2D eigenvalue weighted by Gasteiger charge is -2.42. The van der Waals surface area contributed by atoms with Gasteiger partial charge >= 0.3 is 0 Å². The molecule has 1 saturated carbocycles. The van der Waals surface area contributed by atoms with Gasteiger partial charge in [0.25, 0.3) is 5.91 Å². The summed E-state index contributed by atoms with van der Waals surface area (Å²) in [6, 6.07) is 1.43. The van der Waals surface area contributed by atoms with Gasteiger partial charge in [0.05, 0.1) is 25.4 Å². The van der Waals surface area contributed by atoms with E-state index in [1.807, 2.05) is 0 Å². The maximum atomic E-state index is 14.1. The number of fused-ring (bicyclic) bond motifs is 1. The number of nitrogens with zero attached hydrogens (tertiary/aromatic N) is 2. The summed E-state index contributed by atoms with van der Waals surface area (Å²) in [5.74, 6) is 0.474. The van der Waals surface area contributed by atoms with Crippen LogP contribution in [0.1, 0.15) is 32.1 Å². The average molecular weight is 425 g/mol. The Morgan fingerprint density at radius 1 is 1.10 bits per heavy atom. The lowest BCUT2D eigenvalue weighted by atomic mass is 9.88. The Bertz CT molecular complexity index is 669. The summed E-state index contributed by atoms with van der Waals surface area (Å²) in [6.45, 7) is 4.82. The van der Waals surface area contributed by atoms with Crippen LogP contribution >= 0.6 is 0 Å². The van der Waals surface area contributed by atoms with Gasteiger partial charge < -0.3 is 15.0 Å². The van der Waals surface area contributed by atoms with Crippen LogP contribution in [0.25, 0.3) is 0 Å². The predicted molar refractivity (Wildman–Crippen MR) is 105 cm³/mol. The second kappa shape index (κ2) is 7.61. The van der Waals surface area contributed by atoms with Gasteiger partial charge in [0.2, 0.25) is 0 Å². The Kier molecular flexibility index (Phi) is 5.02. The number of hydrogen-bond acceptors (Lipinski definition) is 8. The Morgan fingerprint density at radius 3 is 2.60 bits per heavy atom. The topological polar surface area (TPSA) is 90.1 Å². The molecule has 0 aromatic heterocycles. The summed E-state index contributed by atoms with van der Waals surface area (Å²) >= 11 is 0. The fourth-order valence-electron chi connectivity index (χ4n) is 5.75. The van der Waals surface area contributed by atoms with Crippen molar-refractivity contribution < 1.29 is 18.8 Å². The molecule has 168 valence electrons. The Hall–Kier alpha value is -0.880. The molecule has 5 unspecified atom stereocenters. The van der Waals surface area contributed by atoms with Gasteiger partial charge in [-0.25, -0.2) is 9.40 Å². The zero-order valence-electron chi connectivity index (χ0n) is 17.3. The van der Waals surface area contributed by atoms with Crippen molar-refractivity contribution >= 4 is 5.91 Å². The van der Waals surface area contributed by atoms with Crippen LogP contribution in [-0.4, -0.2) is 91.4 Å². The molecule has 10 heteroatoms. The van der Waals surface area contributed by atoms with Crippen molar-refractivity contribution in [3.8, 4) is 0 Å². The van der Waals surface area contributed by atoms with Crippen molar-refractivity contribution in [1.82, 2.24) is 31.4 Å². The number of nitrogens with one attached hydrogen (secondary N) is 4. The number of piperidine rings is 2. The molecule has 0 spiro atoms. The van der Waals surface area contributed by atoms with E-state index in [4.69, 9.17) is 9.57 Å². The van der Waals surface area contributed by atoms with Gasteiger partial charge in [-0.3, -0.25) is 20.4 Å². The van der Waals surface area contributed by atoms with Crippen LogP contribution in [0.3, 0.4) is 0 Å². The highest BCUT2D eigenvalue weighted by Crippen LogP contribution is 2.42. The fourth-order valence-corrected chi connectivity index (χ4v) is 5.75. The van der Waals surface area contributed by atoms with Crippen LogP contribution in [0.5, 0.6) is 0 Å². The number of likely N-dealkylation sites (tertiary alicyclic amines) is 1. The van der Waals surface area contributed by atoms with Crippen molar-refractivity contribution in [3.63, 3.8) is 0 Å². The number of hydroxylamine groups is 1. The largest absolute Gasteiger partial charge is 0.378 e. The van der Waals surface area contributed by atoms with Gasteiger partial charge in [-0.1, -0.05) is 0 Å². The van der Waals surface area contributed by atoms with E-state index >= 15 is 0 Å². The summed E-state index contributed by atoms with van der Waals surface area (Å²) in [5, 5.41) is 9.76. The van der Waals surface area contributed by atoms with E-state index in [1.165, 1.54) is 0 Å². The molecule has 4 N–H and O–H groups in total. The SMILES string of the molecule is O=C(N1CCC(C2NOC(C3CNC4CNN(C5COC5)C4C3)N2)CC1)C1(F)CC1. The van der Waals surface area contributed by atoms with Crippen molar-refractivity contribution in [2.24, 2.45) is 11.8 Å². The van der Waals surface area contributed by atoms with Crippen LogP contribution in [0.15, 0.2) is 0 Å². The first kappa shape index (κ1) is 19.8. The molecule has 1 amide bonds. The molecule has 5 atom stereocenters. The molecule has 0 bridgehead atoms. The monoisotopic (exact) mass is 424 g/mol. The molecule has 6 aliphatic rings. The number of halogens is 1. The third-order valence-electron chi connectivity index (χ3n) is 7.98. The van der Waals surface area contributed by atoms with Crippen LogP contribution in [0.4, 0.5) is 4.39 Å². The zero-order chi connectivity index (χ0) is 20.3. The summed E-state index contributed by atoms with van der Waals surface area (Å²) in [6.07, 6.45) is 3.67. The molecule has 0 aromatic carbocycles. The molecule has 5 saturated heterocycles. The number of alkyl halides is 1. The molecule has 6 rings (SSSR count). The van der Waals surface area contributed by atoms with E-state index in [9.17, 15) is 9.18 Å². The summed E-state index contributed by atoms with van der Waals surface area (Å²) in [5.41, 5.74) is 5.22. The van der Waals surface area contributed by atoms with E-state index in [1.54, 1.807) is 4.90 Å². The molecule has 9 nitrogen and oxygen atoms in total. The Balaban J connectivity index is 1.01. The van der Waals surface area contributed by atoms with Crippen LogP contribution < -0.4 is 21.5 Å². The fraction of sp³-hybridized carbons (Fsp3) is 0.950. The van der Waals surface area contributed by atoms with Crippen LogP contribution in [-0.2, 0) is 14.4 Å². The minimum atomic E-state index is -1.55. The number of ether oxygens (including phenoxy) is 1. The molecule has 1 aliphatic carbocycles. The van der Waals surface area contributed by atoms with Gasteiger partial charge in [0.15, 0.2) is 5.67 Å². The Morgan fingerprint density at radius 2 is 1.90 bits per heavy atom. The van der Waals surface area contributed by atoms with Gasteiger partial charge in [-0.15, -0.1) is 0 Å². The highest BCUT2D eigenvalue weighted by molar-refractivity contribution is 5.88. The highest BCUT2D eigenvalue weighted by Gasteiger charge is 2.53. The lowest BCUT2D eigenvalue weighted by molar-refractivity contribution is -0.139. The van der Waals surface area contributed by atoms with Crippen molar-refractivity contribution in [2.45, 2.75) is 68.3 Å². The molecular weight excluding hydrogens is 391 g/mol. The summed E-state index contributed by atoms with van der Waals surface area (Å²) in [7, 11) is 0. The lowest BCUT2D eigenvalue weighted by Crippen LogP contribution is -2.60. The first-order chi connectivity index (χ1) is 14.6. The predicted octanol–water partition coefficient (Wildman–Crippen LogP) is -0.931. The number of hydrogen-bond donors (Lipinski definition) is 4. The molecule has 5 heterocycles. The van der Waals surface area contributed by atoms with E-state index < -0.39 is 5.67 Å². The first-order valence-corrected chi connectivity index (χ1v) is 11.6. The van der Waals surface area contributed by atoms with Gasteiger partial charge in [-0.2, -0.15) is 5.48 Å². The maximum Gasteiger partial charge on any atom is 0.260 e. The number of carbonyl (C=O) groups is 1. The number of rotatable bonds is 4. The standard InChI is InChI=1S/C20H33FN6O3/c21-20(3-4-20)19(28)26-5-1-12(2-6-26)17-24-18(30-25-17)13-7-16-15(22-8-13)9-23-27(16)14-10-29-11-14/h12-18,22-25H,1-11H2. The van der Waals surface area contributed by atoms with Gasteiger partial charge in [0.1, 0.15) is 6.23 Å². The van der Waals surface area contributed by atoms with E-state index in [0.717, 1.165) is 45.6 Å². The summed E-state index contributed by atoms with van der Waals surface area (Å²) < 4.78 is 19.5. The quantitative estimate of drug-likeness (QED) is 0.460. The normalized spacial score (nSPS) is 42.2. The number of carbonyl (C=O) groups excluding carboxylic acids is 1. The molecule has 30 heavy (non-hydrogen) atoms. The first-order valence-electron chi connectivity index (χ1n) is 11.6. The average Bonchev–Trinajstić information content (AvgIpc) is 3.15. The second-order valence-corrected chi connectivity index (χ2v) is 9.93. The third-order valence-corrected chi connectivity index (χ3v) is 7.98. The highest BCUT2D eigenvalue weighted by atomic mass is 19.1. The van der Waals surface area contributed by atoms with Gasteiger partial charge in [-0.05, 0) is 38.0 Å². The van der Waals surface area contributed by atoms with Gasteiger partial charge in [0, 0.05) is 44.2 Å². The smallest absolute Gasteiger partial charge is 0.260 e. The van der Waals surface area contributed by atoms with Crippen molar-refractivity contribution in [3.05, 3.63) is 0 Å². The maximum absolute atomic E-state index is 14.1. The third kappa shape index (κ3) is 3.46.